The van der Waals surface area contributed by atoms with Gasteiger partial charge in [-0.15, -0.1) is 0 Å². The van der Waals surface area contributed by atoms with Crippen molar-refractivity contribution in [3.63, 3.8) is 0 Å². The van der Waals surface area contributed by atoms with Crippen molar-refractivity contribution in [1.82, 2.24) is 9.62 Å². The molecule has 0 radical (unpaired) electrons. The van der Waals surface area contributed by atoms with Crippen LogP contribution in [0.2, 0.25) is 0 Å². The van der Waals surface area contributed by atoms with Crippen molar-refractivity contribution < 1.29 is 13.2 Å². The van der Waals surface area contributed by atoms with E-state index in [4.69, 9.17) is 5.26 Å². The van der Waals surface area contributed by atoms with Gasteiger partial charge in [0.1, 0.15) is 6.04 Å². The molecule has 1 aliphatic rings. The van der Waals surface area contributed by atoms with Gasteiger partial charge in [-0.3, -0.25) is 4.79 Å². The first kappa shape index (κ1) is 13.5. The minimum Gasteiger partial charge on any atom is -0.353 e. The molecule has 2 rings (SSSR count). The molecular weight excluding hydrogens is 266 g/mol. The van der Waals surface area contributed by atoms with Gasteiger partial charge in [0.2, 0.25) is 15.9 Å². The van der Waals surface area contributed by atoms with Crippen LogP contribution in [-0.4, -0.2) is 37.8 Å². The molecule has 1 fully saturated rings. The number of nitrogens with zero attached hydrogens (tertiary/aromatic N) is 2. The molecule has 0 saturated carbocycles. The molecule has 1 aliphatic heterocycles. The lowest BCUT2D eigenvalue weighted by Crippen LogP contribution is -2.55. The zero-order chi connectivity index (χ0) is 14.0. The SMILES string of the molecule is CC1C(=O)NCCN1S(=O)(=O)c1cccc(C#N)c1. The van der Waals surface area contributed by atoms with Crippen molar-refractivity contribution in [2.45, 2.75) is 17.9 Å². The van der Waals surface area contributed by atoms with Crippen LogP contribution in [0.1, 0.15) is 12.5 Å². The van der Waals surface area contributed by atoms with Gasteiger partial charge in [-0.25, -0.2) is 8.42 Å². The largest absolute Gasteiger partial charge is 0.353 e. The maximum atomic E-state index is 12.4. The molecule has 0 aliphatic carbocycles. The van der Waals surface area contributed by atoms with E-state index in [-0.39, 0.29) is 22.9 Å². The number of carbonyl (C=O) groups is 1. The lowest BCUT2D eigenvalue weighted by molar-refractivity contribution is -0.126. The Balaban J connectivity index is 2.42. The molecule has 0 bridgehead atoms. The fourth-order valence-corrected chi connectivity index (χ4v) is 3.59. The molecule has 1 saturated heterocycles. The molecule has 1 unspecified atom stereocenters. The fourth-order valence-electron chi connectivity index (χ4n) is 1.95. The number of nitriles is 1. The van der Waals surface area contributed by atoms with E-state index in [0.717, 1.165) is 4.31 Å². The molecular formula is C12H13N3O3S. The summed E-state index contributed by atoms with van der Waals surface area (Å²) in [5.41, 5.74) is 0.273. The predicted molar refractivity (Wildman–Crippen MR) is 67.5 cm³/mol. The quantitative estimate of drug-likeness (QED) is 0.829. The lowest BCUT2D eigenvalue weighted by atomic mass is 10.2. The molecule has 100 valence electrons. The fraction of sp³-hybridized carbons (Fsp3) is 0.333. The van der Waals surface area contributed by atoms with Gasteiger partial charge in [-0.2, -0.15) is 9.57 Å². The monoisotopic (exact) mass is 279 g/mol. The molecule has 1 atom stereocenters. The van der Waals surface area contributed by atoms with E-state index in [1.54, 1.807) is 6.92 Å². The highest BCUT2D eigenvalue weighted by Gasteiger charge is 2.35. The Morgan fingerprint density at radius 3 is 2.89 bits per heavy atom. The Morgan fingerprint density at radius 2 is 2.21 bits per heavy atom. The number of amides is 1. The first-order chi connectivity index (χ1) is 8.96. The van der Waals surface area contributed by atoms with Crippen LogP contribution in [-0.2, 0) is 14.8 Å². The summed E-state index contributed by atoms with van der Waals surface area (Å²) >= 11 is 0. The number of hydrogen-bond acceptors (Lipinski definition) is 4. The predicted octanol–water partition coefficient (Wildman–Crippen LogP) is 0.0673. The van der Waals surface area contributed by atoms with E-state index in [0.29, 0.717) is 6.54 Å². The summed E-state index contributed by atoms with van der Waals surface area (Å²) in [6, 6.07) is 6.94. The Morgan fingerprint density at radius 1 is 1.47 bits per heavy atom. The summed E-state index contributed by atoms with van der Waals surface area (Å²) in [5, 5.41) is 11.4. The van der Waals surface area contributed by atoms with Crippen LogP contribution < -0.4 is 5.32 Å². The van der Waals surface area contributed by atoms with Crippen molar-refractivity contribution in [1.29, 1.82) is 5.26 Å². The van der Waals surface area contributed by atoms with E-state index in [1.807, 2.05) is 6.07 Å². The molecule has 1 N–H and O–H groups in total. The maximum absolute atomic E-state index is 12.4. The smallest absolute Gasteiger partial charge is 0.243 e. The number of rotatable bonds is 2. The van der Waals surface area contributed by atoms with E-state index in [1.165, 1.54) is 24.3 Å². The summed E-state index contributed by atoms with van der Waals surface area (Å²) in [5.74, 6) is -0.314. The van der Waals surface area contributed by atoms with Crippen LogP contribution in [0.3, 0.4) is 0 Å². The number of benzene rings is 1. The Labute approximate surface area is 111 Å². The highest BCUT2D eigenvalue weighted by molar-refractivity contribution is 7.89. The van der Waals surface area contributed by atoms with Crippen molar-refractivity contribution >= 4 is 15.9 Å². The second-order valence-corrected chi connectivity index (χ2v) is 6.11. The van der Waals surface area contributed by atoms with Gasteiger partial charge in [0.05, 0.1) is 16.5 Å². The first-order valence-electron chi connectivity index (χ1n) is 5.76. The lowest BCUT2D eigenvalue weighted by Gasteiger charge is -2.31. The molecule has 7 heteroatoms. The summed E-state index contributed by atoms with van der Waals surface area (Å²) < 4.78 is 26.1. The van der Waals surface area contributed by atoms with Crippen LogP contribution in [0.4, 0.5) is 0 Å². The number of carbonyl (C=O) groups excluding carboxylic acids is 1. The second-order valence-electron chi connectivity index (χ2n) is 4.22. The number of piperazine rings is 1. The first-order valence-corrected chi connectivity index (χ1v) is 7.20. The summed E-state index contributed by atoms with van der Waals surface area (Å²) in [4.78, 5) is 11.6. The molecule has 19 heavy (non-hydrogen) atoms. The van der Waals surface area contributed by atoms with Gasteiger partial charge >= 0.3 is 0 Å². The molecule has 6 nitrogen and oxygen atoms in total. The Hall–Kier alpha value is -1.91. The molecule has 1 heterocycles. The van der Waals surface area contributed by atoms with Gasteiger partial charge in [0.15, 0.2) is 0 Å². The number of hydrogen-bond donors (Lipinski definition) is 1. The summed E-state index contributed by atoms with van der Waals surface area (Å²) in [6.07, 6.45) is 0. The zero-order valence-electron chi connectivity index (χ0n) is 10.3. The summed E-state index contributed by atoms with van der Waals surface area (Å²) in [7, 11) is -3.76. The Bertz CT molecular complexity index is 648. The van der Waals surface area contributed by atoms with E-state index in [9.17, 15) is 13.2 Å². The highest BCUT2D eigenvalue weighted by Crippen LogP contribution is 2.20. The molecule has 1 amide bonds. The maximum Gasteiger partial charge on any atom is 0.243 e. The van der Waals surface area contributed by atoms with Crippen LogP contribution in [0.5, 0.6) is 0 Å². The number of sulfonamides is 1. The average Bonchev–Trinajstić information content (AvgIpc) is 2.41. The third-order valence-electron chi connectivity index (χ3n) is 3.01. The second kappa shape index (κ2) is 4.99. The Kier molecular flexibility index (Phi) is 3.55. The van der Waals surface area contributed by atoms with Gasteiger partial charge in [0, 0.05) is 13.1 Å². The van der Waals surface area contributed by atoms with Crippen molar-refractivity contribution in [3.05, 3.63) is 29.8 Å². The van der Waals surface area contributed by atoms with Crippen LogP contribution in [0.25, 0.3) is 0 Å². The van der Waals surface area contributed by atoms with E-state index in [2.05, 4.69) is 5.32 Å². The van der Waals surface area contributed by atoms with E-state index >= 15 is 0 Å². The molecule has 0 spiro atoms. The van der Waals surface area contributed by atoms with Crippen molar-refractivity contribution in [2.75, 3.05) is 13.1 Å². The molecule has 1 aromatic carbocycles. The number of nitrogens with one attached hydrogen (secondary N) is 1. The van der Waals surface area contributed by atoms with Crippen molar-refractivity contribution in [2.24, 2.45) is 0 Å². The summed E-state index contributed by atoms with van der Waals surface area (Å²) in [6.45, 7) is 2.06. The van der Waals surface area contributed by atoms with Gasteiger partial charge in [0.25, 0.3) is 0 Å². The highest BCUT2D eigenvalue weighted by atomic mass is 32.2. The third-order valence-corrected chi connectivity index (χ3v) is 4.98. The third kappa shape index (κ3) is 2.45. The van der Waals surface area contributed by atoms with Crippen LogP contribution in [0.15, 0.2) is 29.2 Å². The van der Waals surface area contributed by atoms with Gasteiger partial charge in [-0.05, 0) is 25.1 Å². The van der Waals surface area contributed by atoms with Crippen molar-refractivity contribution in [3.8, 4) is 6.07 Å². The van der Waals surface area contributed by atoms with Gasteiger partial charge in [-0.1, -0.05) is 6.07 Å². The van der Waals surface area contributed by atoms with Crippen LogP contribution >= 0.6 is 0 Å². The minimum absolute atomic E-state index is 0.0353. The minimum atomic E-state index is -3.76. The average molecular weight is 279 g/mol. The zero-order valence-corrected chi connectivity index (χ0v) is 11.1. The topological polar surface area (TPSA) is 90.3 Å². The normalized spacial score (nSPS) is 20.6. The molecule has 1 aromatic rings. The van der Waals surface area contributed by atoms with E-state index < -0.39 is 16.1 Å². The van der Waals surface area contributed by atoms with Crippen LogP contribution in [0, 0.1) is 11.3 Å². The van der Waals surface area contributed by atoms with Gasteiger partial charge < -0.3 is 5.32 Å². The standard InChI is InChI=1S/C12H13N3O3S/c1-9-12(16)14-5-6-15(9)19(17,18)11-4-2-3-10(7-11)8-13/h2-4,7,9H,5-6H2,1H3,(H,14,16). The molecule has 0 aromatic heterocycles.